The number of amides is 2. The molecule has 2 amide bonds. The number of benzene rings is 1. The van der Waals surface area contributed by atoms with Crippen LogP contribution >= 0.6 is 0 Å². The Balaban J connectivity index is 1.64. The normalized spacial score (nSPS) is 22.9. The number of alkyl halides is 3. The second kappa shape index (κ2) is 7.74. The van der Waals surface area contributed by atoms with E-state index >= 15 is 0 Å². The molecule has 0 unspecified atom stereocenters. The molecule has 2 aliphatic rings. The minimum absolute atomic E-state index is 0.0845. The molecule has 1 saturated carbocycles. The van der Waals surface area contributed by atoms with Crippen LogP contribution in [0.3, 0.4) is 0 Å². The van der Waals surface area contributed by atoms with Gasteiger partial charge in [-0.25, -0.2) is 9.18 Å². The molecule has 3 rings (SSSR count). The zero-order valence-electron chi connectivity index (χ0n) is 18.5. The topological polar surface area (TPSA) is 75.7 Å². The van der Waals surface area contributed by atoms with Gasteiger partial charge in [0.1, 0.15) is 11.4 Å². The summed E-state index contributed by atoms with van der Waals surface area (Å²) >= 11 is 0. The van der Waals surface area contributed by atoms with Gasteiger partial charge in [-0.05, 0) is 58.6 Å². The number of carbonyl (C=O) groups is 3. The van der Waals surface area contributed by atoms with Crippen LogP contribution in [0.4, 0.5) is 22.4 Å². The van der Waals surface area contributed by atoms with Crippen LogP contribution in [0.2, 0.25) is 0 Å². The van der Waals surface area contributed by atoms with Crippen LogP contribution in [0.5, 0.6) is 0 Å². The molecule has 1 saturated heterocycles. The number of fused-ring (bicyclic) bond motifs is 1. The Labute approximate surface area is 183 Å². The highest BCUT2D eigenvalue weighted by molar-refractivity contribution is 6.05. The fourth-order valence-electron chi connectivity index (χ4n) is 4.10. The van der Waals surface area contributed by atoms with Crippen LogP contribution in [0.15, 0.2) is 18.2 Å². The van der Waals surface area contributed by atoms with E-state index in [0.29, 0.717) is 19.2 Å². The smallest absolute Gasteiger partial charge is 0.419 e. The van der Waals surface area contributed by atoms with Gasteiger partial charge in [0, 0.05) is 19.0 Å². The molecule has 1 aliphatic heterocycles. The van der Waals surface area contributed by atoms with Gasteiger partial charge in [0.15, 0.2) is 5.78 Å². The molecule has 0 bridgehead atoms. The molecule has 1 aliphatic carbocycles. The summed E-state index contributed by atoms with van der Waals surface area (Å²) in [7, 11) is 0. The summed E-state index contributed by atoms with van der Waals surface area (Å²) in [5.41, 5.74) is -4.53. The van der Waals surface area contributed by atoms with Gasteiger partial charge in [-0.15, -0.1) is 0 Å². The fraction of sp³-hybridized carbons (Fsp3) is 0.591. The maximum absolute atomic E-state index is 14.4. The van der Waals surface area contributed by atoms with E-state index in [9.17, 15) is 31.9 Å². The van der Waals surface area contributed by atoms with Crippen molar-refractivity contribution < 1.29 is 36.7 Å². The van der Waals surface area contributed by atoms with E-state index in [4.69, 9.17) is 4.74 Å². The van der Waals surface area contributed by atoms with Crippen molar-refractivity contribution in [3.05, 3.63) is 35.1 Å². The van der Waals surface area contributed by atoms with Gasteiger partial charge >= 0.3 is 12.3 Å². The summed E-state index contributed by atoms with van der Waals surface area (Å²) in [6.45, 7) is 8.58. The van der Waals surface area contributed by atoms with Gasteiger partial charge in [0.25, 0.3) is 0 Å². The van der Waals surface area contributed by atoms with Crippen molar-refractivity contribution in [1.29, 1.82) is 0 Å². The van der Waals surface area contributed by atoms with Crippen LogP contribution < -0.4 is 5.32 Å². The number of Topliss-reactive ketones (excluding diaryl/α,β-unsaturated/α-hetero) is 1. The van der Waals surface area contributed by atoms with Gasteiger partial charge in [0.2, 0.25) is 5.91 Å². The Hall–Kier alpha value is -2.65. The highest BCUT2D eigenvalue weighted by atomic mass is 19.4. The Morgan fingerprint density at radius 2 is 1.59 bits per heavy atom. The van der Waals surface area contributed by atoms with Gasteiger partial charge < -0.3 is 15.0 Å². The van der Waals surface area contributed by atoms with Crippen molar-refractivity contribution in [3.8, 4) is 0 Å². The summed E-state index contributed by atoms with van der Waals surface area (Å²) in [6, 6.07) is 2.47. The second-order valence-corrected chi connectivity index (χ2v) is 9.85. The van der Waals surface area contributed by atoms with Gasteiger partial charge in [0.05, 0.1) is 16.7 Å². The van der Waals surface area contributed by atoms with Gasteiger partial charge in [-0.3, -0.25) is 9.59 Å². The maximum atomic E-state index is 14.4. The van der Waals surface area contributed by atoms with E-state index in [1.807, 2.05) is 0 Å². The first-order chi connectivity index (χ1) is 14.5. The van der Waals surface area contributed by atoms with E-state index in [-0.39, 0.29) is 11.8 Å². The molecule has 10 heteroatoms. The highest BCUT2D eigenvalue weighted by Gasteiger charge is 2.61. The van der Waals surface area contributed by atoms with Crippen molar-refractivity contribution >= 4 is 17.8 Å². The molecular weight excluding hydrogens is 432 g/mol. The fourth-order valence-corrected chi connectivity index (χ4v) is 4.10. The van der Waals surface area contributed by atoms with E-state index in [1.165, 1.54) is 18.7 Å². The number of ketones is 1. The lowest BCUT2D eigenvalue weighted by Crippen LogP contribution is -2.51. The van der Waals surface area contributed by atoms with E-state index in [0.717, 1.165) is 12.1 Å². The first kappa shape index (κ1) is 24.0. The number of hydrogen-bond donors (Lipinski definition) is 1. The summed E-state index contributed by atoms with van der Waals surface area (Å²) in [4.78, 5) is 39.2. The van der Waals surface area contributed by atoms with E-state index in [1.54, 1.807) is 20.8 Å². The number of hydrogen-bond acceptors (Lipinski definition) is 4. The van der Waals surface area contributed by atoms with Crippen molar-refractivity contribution in [2.45, 2.75) is 51.9 Å². The molecule has 2 fully saturated rings. The third-order valence-electron chi connectivity index (χ3n) is 5.70. The Kier molecular flexibility index (Phi) is 5.80. The van der Waals surface area contributed by atoms with E-state index in [2.05, 4.69) is 5.32 Å². The van der Waals surface area contributed by atoms with Gasteiger partial charge in [-0.2, -0.15) is 13.2 Å². The number of carbonyl (C=O) groups excluding carboxylic acids is 3. The first-order valence-electron chi connectivity index (χ1n) is 10.2. The van der Waals surface area contributed by atoms with Crippen LogP contribution in [-0.2, 0) is 15.7 Å². The number of nitrogens with one attached hydrogen (secondary N) is 1. The molecule has 1 N–H and O–H groups in total. The molecule has 1 aromatic carbocycles. The number of likely N-dealkylation sites (tertiary alicyclic amines) is 1. The lowest BCUT2D eigenvalue weighted by Gasteiger charge is -2.27. The lowest BCUT2D eigenvalue weighted by atomic mass is 9.91. The average molecular weight is 458 g/mol. The molecule has 0 aromatic heterocycles. The Morgan fingerprint density at radius 1 is 1.03 bits per heavy atom. The number of halogens is 4. The third kappa shape index (κ3) is 4.73. The quantitative estimate of drug-likeness (QED) is 0.546. The zero-order chi connectivity index (χ0) is 24.2. The summed E-state index contributed by atoms with van der Waals surface area (Å²) < 4.78 is 58.6. The molecular formula is C22H26F4N2O4. The molecule has 32 heavy (non-hydrogen) atoms. The SMILES string of the molecule is CC(C)(C)OC(=O)N1C[C@@H]2[C@H](C1)[C@H]2C(=O)NC(C)(C)C(=O)c1cccc(C(F)(F)F)c1F. The van der Waals surface area contributed by atoms with Crippen LogP contribution in [0.1, 0.15) is 50.5 Å². The molecule has 0 spiro atoms. The molecule has 176 valence electrons. The molecule has 1 heterocycles. The van der Waals surface area contributed by atoms with Crippen molar-refractivity contribution in [2.75, 3.05) is 13.1 Å². The minimum atomic E-state index is -4.95. The lowest BCUT2D eigenvalue weighted by molar-refractivity contribution is -0.140. The Bertz CT molecular complexity index is 940. The predicted octanol–water partition coefficient (Wildman–Crippen LogP) is 4.03. The monoisotopic (exact) mass is 458 g/mol. The standard InChI is InChI=1S/C22H26F4N2O4/c1-20(2,3)32-19(31)28-9-12-13(10-28)15(12)18(30)27-21(4,5)17(29)11-7-6-8-14(16(11)23)22(24,25)26/h6-8,12-13,15H,9-10H2,1-5H3,(H,27,30)/t12-,13+,15+. The average Bonchev–Trinajstić information content (AvgIpc) is 3.13. The molecule has 3 atom stereocenters. The maximum Gasteiger partial charge on any atom is 0.419 e. The molecule has 1 aromatic rings. The van der Waals surface area contributed by atoms with E-state index < -0.39 is 58.0 Å². The van der Waals surface area contributed by atoms with Crippen molar-refractivity contribution in [1.82, 2.24) is 10.2 Å². The number of piperidine rings is 1. The zero-order valence-corrected chi connectivity index (χ0v) is 18.5. The summed E-state index contributed by atoms with van der Waals surface area (Å²) in [5.74, 6) is -3.67. The number of nitrogens with zero attached hydrogens (tertiary/aromatic N) is 1. The van der Waals surface area contributed by atoms with Crippen molar-refractivity contribution in [2.24, 2.45) is 17.8 Å². The van der Waals surface area contributed by atoms with Crippen molar-refractivity contribution in [3.63, 3.8) is 0 Å². The van der Waals surface area contributed by atoms with Crippen LogP contribution in [0.25, 0.3) is 0 Å². The third-order valence-corrected chi connectivity index (χ3v) is 5.70. The summed E-state index contributed by atoms with van der Waals surface area (Å²) in [6.07, 6.45) is -5.40. The first-order valence-corrected chi connectivity index (χ1v) is 10.2. The van der Waals surface area contributed by atoms with Crippen LogP contribution in [0, 0.1) is 23.6 Å². The second-order valence-electron chi connectivity index (χ2n) is 9.85. The summed E-state index contributed by atoms with van der Waals surface area (Å²) in [5, 5.41) is 2.54. The predicted molar refractivity (Wildman–Crippen MR) is 106 cm³/mol. The molecule has 0 radical (unpaired) electrons. The van der Waals surface area contributed by atoms with Crippen LogP contribution in [-0.4, -0.2) is 46.9 Å². The highest BCUT2D eigenvalue weighted by Crippen LogP contribution is 2.52. The number of ether oxygens (including phenoxy) is 1. The molecule has 6 nitrogen and oxygen atoms in total. The van der Waals surface area contributed by atoms with Gasteiger partial charge in [-0.1, -0.05) is 6.07 Å². The minimum Gasteiger partial charge on any atom is -0.444 e. The number of rotatable bonds is 4. The largest absolute Gasteiger partial charge is 0.444 e. The Morgan fingerprint density at radius 3 is 2.09 bits per heavy atom.